The van der Waals surface area contributed by atoms with Gasteiger partial charge in [-0.2, -0.15) is 5.26 Å². The number of pyridine rings is 1. The Labute approximate surface area is 96.7 Å². The molecule has 2 N–H and O–H groups in total. The van der Waals surface area contributed by atoms with E-state index in [-0.39, 0.29) is 16.7 Å². The molecule has 88 valence electrons. The van der Waals surface area contributed by atoms with Gasteiger partial charge in [-0.1, -0.05) is 12.7 Å². The molecule has 0 saturated heterocycles. The van der Waals surface area contributed by atoms with E-state index >= 15 is 0 Å². The van der Waals surface area contributed by atoms with Crippen LogP contribution in [0.1, 0.15) is 16.7 Å². The second-order valence-electron chi connectivity index (χ2n) is 3.34. The van der Waals surface area contributed by atoms with Gasteiger partial charge in [-0.25, -0.2) is 0 Å². The number of nitriles is 1. The summed E-state index contributed by atoms with van der Waals surface area (Å²) in [6.07, 6.45) is 1.27. The van der Waals surface area contributed by atoms with Gasteiger partial charge in [-0.3, -0.25) is 14.2 Å². The van der Waals surface area contributed by atoms with Crippen LogP contribution in [-0.4, -0.2) is 20.7 Å². The van der Waals surface area contributed by atoms with Crippen molar-refractivity contribution in [1.29, 1.82) is 5.26 Å². The van der Waals surface area contributed by atoms with Crippen molar-refractivity contribution in [3.8, 4) is 11.9 Å². The van der Waals surface area contributed by atoms with Crippen LogP contribution in [0.25, 0.3) is 6.08 Å². The molecule has 0 aromatic carbocycles. The Morgan fingerprint density at radius 2 is 2.24 bits per heavy atom. The highest BCUT2D eigenvalue weighted by Gasteiger charge is 2.18. The monoisotopic (exact) mass is 234 g/mol. The molecule has 17 heavy (non-hydrogen) atoms. The van der Waals surface area contributed by atoms with Crippen molar-refractivity contribution < 1.29 is 15.0 Å². The second kappa shape index (κ2) is 4.53. The molecule has 0 atom stereocenters. The number of carboxylic acid groups (broad SMARTS) is 1. The topological polar surface area (TPSA) is 103 Å². The molecule has 0 amide bonds. The lowest BCUT2D eigenvalue weighted by Crippen LogP contribution is -2.27. The highest BCUT2D eigenvalue weighted by Crippen LogP contribution is 2.22. The first kappa shape index (κ1) is 12.5. The summed E-state index contributed by atoms with van der Waals surface area (Å²) >= 11 is 0. The summed E-state index contributed by atoms with van der Waals surface area (Å²) in [6, 6.07) is 1.69. The van der Waals surface area contributed by atoms with Crippen LogP contribution in [0.5, 0.6) is 5.88 Å². The zero-order chi connectivity index (χ0) is 13.2. The normalized spacial score (nSPS) is 9.65. The van der Waals surface area contributed by atoms with Crippen LogP contribution in [0, 0.1) is 18.3 Å². The van der Waals surface area contributed by atoms with E-state index in [1.165, 1.54) is 13.0 Å². The lowest BCUT2D eigenvalue weighted by atomic mass is 10.1. The predicted octanol–water partition coefficient (Wildman–Crippen LogP) is 0.462. The van der Waals surface area contributed by atoms with E-state index < -0.39 is 24.0 Å². The third kappa shape index (κ3) is 2.03. The maximum Gasteiger partial charge on any atom is 0.323 e. The summed E-state index contributed by atoms with van der Waals surface area (Å²) in [6.45, 7) is 4.23. The van der Waals surface area contributed by atoms with Gasteiger partial charge in [0, 0.05) is 5.56 Å². The summed E-state index contributed by atoms with van der Waals surface area (Å²) in [4.78, 5) is 22.3. The number of rotatable bonds is 3. The van der Waals surface area contributed by atoms with Gasteiger partial charge in [0.15, 0.2) is 0 Å². The zero-order valence-electron chi connectivity index (χ0n) is 9.10. The van der Waals surface area contributed by atoms with E-state index in [4.69, 9.17) is 10.4 Å². The maximum atomic E-state index is 11.7. The average molecular weight is 234 g/mol. The molecule has 1 heterocycles. The Morgan fingerprint density at radius 3 is 2.65 bits per heavy atom. The van der Waals surface area contributed by atoms with Gasteiger partial charge in [0.05, 0.1) is 0 Å². The SMILES string of the molecule is C=Cc1c(C)c(C#N)c(=O)n(CC(=O)O)c1O. The van der Waals surface area contributed by atoms with E-state index in [0.29, 0.717) is 4.57 Å². The molecular weight excluding hydrogens is 224 g/mol. The number of aromatic hydroxyl groups is 1. The van der Waals surface area contributed by atoms with E-state index in [9.17, 15) is 14.7 Å². The molecule has 0 spiro atoms. The summed E-state index contributed by atoms with van der Waals surface area (Å²) in [5.74, 6) is -1.78. The standard InChI is InChI=1S/C11H10N2O4/c1-3-7-6(2)8(4-12)11(17)13(10(7)16)5-9(14)15/h3,16H,1,5H2,2H3,(H,14,15). The number of hydrogen-bond donors (Lipinski definition) is 2. The van der Waals surface area contributed by atoms with E-state index in [0.717, 1.165) is 0 Å². The molecule has 0 radical (unpaired) electrons. The molecule has 0 bridgehead atoms. The van der Waals surface area contributed by atoms with Crippen LogP contribution in [0.4, 0.5) is 0 Å². The Balaban J connectivity index is 3.73. The van der Waals surface area contributed by atoms with Gasteiger partial charge in [-0.15, -0.1) is 0 Å². The average Bonchev–Trinajstić information content (AvgIpc) is 2.25. The minimum Gasteiger partial charge on any atom is -0.494 e. The fraction of sp³-hybridized carbons (Fsp3) is 0.182. The van der Waals surface area contributed by atoms with E-state index in [1.54, 1.807) is 6.07 Å². The molecular formula is C11H10N2O4. The van der Waals surface area contributed by atoms with Gasteiger partial charge in [0.25, 0.3) is 5.56 Å². The minimum atomic E-state index is -1.29. The van der Waals surface area contributed by atoms with Crippen LogP contribution < -0.4 is 5.56 Å². The number of carboxylic acids is 1. The van der Waals surface area contributed by atoms with Crippen LogP contribution in [0.3, 0.4) is 0 Å². The van der Waals surface area contributed by atoms with Gasteiger partial charge >= 0.3 is 5.97 Å². The number of carbonyl (C=O) groups is 1. The zero-order valence-corrected chi connectivity index (χ0v) is 9.10. The first-order chi connectivity index (χ1) is 7.93. The van der Waals surface area contributed by atoms with Crippen molar-refractivity contribution in [2.45, 2.75) is 13.5 Å². The number of aromatic nitrogens is 1. The molecule has 0 saturated carbocycles. The quantitative estimate of drug-likeness (QED) is 0.790. The lowest BCUT2D eigenvalue weighted by molar-refractivity contribution is -0.137. The van der Waals surface area contributed by atoms with Crippen LogP contribution >= 0.6 is 0 Å². The summed E-state index contributed by atoms with van der Waals surface area (Å²) in [7, 11) is 0. The molecule has 1 rings (SSSR count). The Hall–Kier alpha value is -2.55. The molecule has 0 unspecified atom stereocenters. The molecule has 0 aliphatic carbocycles. The molecule has 0 aliphatic rings. The fourth-order valence-corrected chi connectivity index (χ4v) is 1.50. The van der Waals surface area contributed by atoms with E-state index in [2.05, 4.69) is 6.58 Å². The largest absolute Gasteiger partial charge is 0.494 e. The molecule has 6 nitrogen and oxygen atoms in total. The third-order valence-corrected chi connectivity index (χ3v) is 2.34. The van der Waals surface area contributed by atoms with Gasteiger partial charge in [0.2, 0.25) is 5.88 Å². The predicted molar refractivity (Wildman–Crippen MR) is 59.5 cm³/mol. The molecule has 6 heteroatoms. The fourth-order valence-electron chi connectivity index (χ4n) is 1.50. The van der Waals surface area contributed by atoms with Gasteiger partial charge in [0.1, 0.15) is 18.2 Å². The van der Waals surface area contributed by atoms with Gasteiger partial charge in [-0.05, 0) is 12.5 Å². The summed E-state index contributed by atoms with van der Waals surface area (Å²) in [5.41, 5.74) is -0.552. The number of aliphatic carboxylic acids is 1. The first-order valence-electron chi connectivity index (χ1n) is 4.64. The van der Waals surface area contributed by atoms with Gasteiger partial charge < -0.3 is 10.2 Å². The Bertz CT molecular complexity index is 593. The number of hydrogen-bond acceptors (Lipinski definition) is 4. The first-order valence-corrected chi connectivity index (χ1v) is 4.64. The van der Waals surface area contributed by atoms with Crippen molar-refractivity contribution in [1.82, 2.24) is 4.57 Å². The van der Waals surface area contributed by atoms with Crippen molar-refractivity contribution in [2.24, 2.45) is 0 Å². The van der Waals surface area contributed by atoms with Crippen molar-refractivity contribution >= 4 is 12.0 Å². The van der Waals surface area contributed by atoms with Crippen LogP contribution in [0.15, 0.2) is 11.4 Å². The van der Waals surface area contributed by atoms with E-state index in [1.807, 2.05) is 0 Å². The number of nitrogens with zero attached hydrogens (tertiary/aromatic N) is 2. The second-order valence-corrected chi connectivity index (χ2v) is 3.34. The Morgan fingerprint density at radius 1 is 1.65 bits per heavy atom. The maximum absolute atomic E-state index is 11.7. The third-order valence-electron chi connectivity index (χ3n) is 2.34. The summed E-state index contributed by atoms with van der Waals surface area (Å²) < 4.78 is 0.630. The van der Waals surface area contributed by atoms with Crippen LogP contribution in [0.2, 0.25) is 0 Å². The minimum absolute atomic E-state index is 0.183. The lowest BCUT2D eigenvalue weighted by Gasteiger charge is -2.12. The van der Waals surface area contributed by atoms with Crippen molar-refractivity contribution in [3.05, 3.63) is 33.6 Å². The van der Waals surface area contributed by atoms with Crippen molar-refractivity contribution in [3.63, 3.8) is 0 Å². The smallest absolute Gasteiger partial charge is 0.323 e. The molecule has 0 aliphatic heterocycles. The Kier molecular flexibility index (Phi) is 3.34. The van der Waals surface area contributed by atoms with Crippen LogP contribution in [-0.2, 0) is 11.3 Å². The van der Waals surface area contributed by atoms with Crippen molar-refractivity contribution in [2.75, 3.05) is 0 Å². The molecule has 1 aromatic rings. The highest BCUT2D eigenvalue weighted by atomic mass is 16.4. The molecule has 0 fully saturated rings. The summed E-state index contributed by atoms with van der Waals surface area (Å²) in [5, 5.41) is 27.2. The highest BCUT2D eigenvalue weighted by molar-refractivity contribution is 5.68. The molecule has 1 aromatic heterocycles.